The van der Waals surface area contributed by atoms with Crippen molar-refractivity contribution < 1.29 is 24.5 Å². The van der Waals surface area contributed by atoms with Crippen LogP contribution in [0, 0.1) is 0 Å². The largest absolute Gasteiger partial charge is 0.473 e. The summed E-state index contributed by atoms with van der Waals surface area (Å²) >= 11 is 2.00. The van der Waals surface area contributed by atoms with Crippen molar-refractivity contribution in [2.45, 2.75) is 80.4 Å². The van der Waals surface area contributed by atoms with Gasteiger partial charge < -0.3 is 24.4 Å². The van der Waals surface area contributed by atoms with E-state index in [4.69, 9.17) is 29.5 Å². The minimum absolute atomic E-state index is 0.0391. The summed E-state index contributed by atoms with van der Waals surface area (Å²) in [6.45, 7) is 3.24. The van der Waals surface area contributed by atoms with Gasteiger partial charge in [0.1, 0.15) is 17.0 Å². The van der Waals surface area contributed by atoms with Crippen molar-refractivity contribution in [3.63, 3.8) is 0 Å². The van der Waals surface area contributed by atoms with Crippen LogP contribution in [0.1, 0.15) is 68.0 Å². The molecule has 2 N–H and O–H groups in total. The molecule has 1 saturated carbocycles. The third kappa shape index (κ3) is 6.86. The Labute approximate surface area is 210 Å². The van der Waals surface area contributed by atoms with Gasteiger partial charge in [-0.3, -0.25) is 0 Å². The van der Waals surface area contributed by atoms with Crippen molar-refractivity contribution >= 4 is 23.7 Å². The number of hydrogen-bond donors (Lipinski definition) is 2. The molecule has 1 aliphatic carbocycles. The molecular weight excluding hydrogens is 466 g/mol. The molecule has 2 aromatic rings. The summed E-state index contributed by atoms with van der Waals surface area (Å²) in [5.74, 6) is -2.53. The number of likely N-dealkylation sites (tertiary alicyclic amines) is 1. The van der Waals surface area contributed by atoms with Crippen LogP contribution in [0.25, 0.3) is 0 Å². The zero-order chi connectivity index (χ0) is 24.8. The number of ether oxygens (including phenoxy) is 1. The summed E-state index contributed by atoms with van der Waals surface area (Å²) < 4.78 is 9.18. The number of fused-ring (bicyclic) bond motifs is 2. The van der Waals surface area contributed by atoms with E-state index in [2.05, 4.69) is 47.0 Å². The second-order valence-electron chi connectivity index (χ2n) is 9.59. The zero-order valence-electron chi connectivity index (χ0n) is 20.3. The molecule has 0 spiro atoms. The number of aliphatic carboxylic acids is 2. The second-order valence-corrected chi connectivity index (χ2v) is 10.9. The van der Waals surface area contributed by atoms with Crippen LogP contribution >= 0.6 is 11.8 Å². The fourth-order valence-corrected chi connectivity index (χ4v) is 6.29. The van der Waals surface area contributed by atoms with Gasteiger partial charge in [0.15, 0.2) is 0 Å². The molecule has 0 amide bonds. The molecule has 3 heterocycles. The van der Waals surface area contributed by atoms with Crippen LogP contribution in [0.2, 0.25) is 0 Å². The summed E-state index contributed by atoms with van der Waals surface area (Å²) in [6, 6.07) is 8.84. The Hall–Kier alpha value is -2.36. The quantitative estimate of drug-likeness (QED) is 0.600. The Kier molecular flexibility index (Phi) is 8.86. The Morgan fingerprint density at radius 3 is 2.37 bits per heavy atom. The molecule has 2 fully saturated rings. The van der Waals surface area contributed by atoms with Crippen LogP contribution in [-0.4, -0.2) is 68.1 Å². The first-order chi connectivity index (χ1) is 16.9. The van der Waals surface area contributed by atoms with E-state index in [1.807, 2.05) is 11.8 Å². The van der Waals surface area contributed by atoms with Gasteiger partial charge in [0.2, 0.25) is 0 Å². The smallest absolute Gasteiger partial charge is 0.414 e. The number of aryl methyl sites for hydroxylation is 2. The standard InChI is InChI=1S/C24H33N3OS.C2H2O4/c1-26-14-12-19(13-15-26)28-23-21-10-6-5-7-18(21)11-16-27-17-22(25-24(23)27)29-20-8-3-2-4-9-20;3-1(4)2(5)6/h5-7,10,17,19-20,23H,2-4,8-9,11-16H2,1H3;(H,3,4)(H,5,6). The van der Waals surface area contributed by atoms with Crippen LogP contribution in [0.3, 0.4) is 0 Å². The minimum atomic E-state index is -1.82. The molecular formula is C26H35N3O5S. The summed E-state index contributed by atoms with van der Waals surface area (Å²) in [5, 5.41) is 16.7. The number of imidazole rings is 1. The molecule has 1 aromatic carbocycles. The van der Waals surface area contributed by atoms with E-state index in [1.165, 1.54) is 48.3 Å². The number of carboxylic acid groups (broad SMARTS) is 2. The number of nitrogens with zero attached hydrogens (tertiary/aromatic N) is 3. The maximum atomic E-state index is 9.10. The van der Waals surface area contributed by atoms with Crippen molar-refractivity contribution in [1.29, 1.82) is 0 Å². The molecule has 0 bridgehead atoms. The Bertz CT molecular complexity index is 1000. The second kappa shape index (κ2) is 12.1. The van der Waals surface area contributed by atoms with E-state index >= 15 is 0 Å². The van der Waals surface area contributed by atoms with Gasteiger partial charge in [-0.15, -0.1) is 11.8 Å². The number of thioether (sulfide) groups is 1. The van der Waals surface area contributed by atoms with Crippen LogP contribution in [-0.2, 0) is 27.3 Å². The van der Waals surface area contributed by atoms with Gasteiger partial charge in [-0.1, -0.05) is 43.5 Å². The number of rotatable bonds is 4. The fraction of sp³-hybridized carbons (Fsp3) is 0.577. The molecule has 1 unspecified atom stereocenters. The molecule has 8 nitrogen and oxygen atoms in total. The number of aromatic nitrogens is 2. The fourth-order valence-electron chi connectivity index (χ4n) is 5.05. The molecule has 1 aromatic heterocycles. The molecule has 35 heavy (non-hydrogen) atoms. The van der Waals surface area contributed by atoms with Gasteiger partial charge in [0, 0.05) is 31.1 Å². The number of piperidine rings is 1. The Morgan fingerprint density at radius 1 is 1.00 bits per heavy atom. The van der Waals surface area contributed by atoms with E-state index < -0.39 is 11.9 Å². The predicted molar refractivity (Wildman–Crippen MR) is 134 cm³/mol. The summed E-state index contributed by atoms with van der Waals surface area (Å²) in [4.78, 5) is 25.8. The first-order valence-corrected chi connectivity index (χ1v) is 13.4. The zero-order valence-corrected chi connectivity index (χ0v) is 21.1. The van der Waals surface area contributed by atoms with E-state index in [0.29, 0.717) is 6.10 Å². The van der Waals surface area contributed by atoms with E-state index in [0.717, 1.165) is 50.0 Å². The molecule has 5 rings (SSSR count). The van der Waals surface area contributed by atoms with E-state index in [-0.39, 0.29) is 6.10 Å². The van der Waals surface area contributed by atoms with Gasteiger partial charge >= 0.3 is 11.9 Å². The predicted octanol–water partition coefficient (Wildman–Crippen LogP) is 4.22. The Morgan fingerprint density at radius 2 is 1.69 bits per heavy atom. The highest BCUT2D eigenvalue weighted by Gasteiger charge is 2.31. The summed E-state index contributed by atoms with van der Waals surface area (Å²) in [5.41, 5.74) is 2.74. The lowest BCUT2D eigenvalue weighted by atomic mass is 10.00. The normalized spacial score (nSPS) is 21.2. The number of benzene rings is 1. The first-order valence-electron chi connectivity index (χ1n) is 12.5. The maximum Gasteiger partial charge on any atom is 0.414 e. The molecule has 2 aliphatic heterocycles. The highest BCUT2D eigenvalue weighted by atomic mass is 32.2. The van der Waals surface area contributed by atoms with Crippen LogP contribution in [0.4, 0.5) is 0 Å². The van der Waals surface area contributed by atoms with Crippen molar-refractivity contribution in [2.24, 2.45) is 0 Å². The van der Waals surface area contributed by atoms with Gasteiger partial charge in [0.05, 0.1) is 6.10 Å². The number of hydrogen-bond acceptors (Lipinski definition) is 6. The van der Waals surface area contributed by atoms with Gasteiger partial charge in [-0.2, -0.15) is 0 Å². The highest BCUT2D eigenvalue weighted by molar-refractivity contribution is 7.99. The summed E-state index contributed by atoms with van der Waals surface area (Å²) in [6.07, 6.45) is 12.7. The van der Waals surface area contributed by atoms with Crippen LogP contribution < -0.4 is 0 Å². The maximum absolute atomic E-state index is 9.10. The van der Waals surface area contributed by atoms with Crippen molar-refractivity contribution in [3.05, 3.63) is 47.4 Å². The van der Waals surface area contributed by atoms with E-state index in [9.17, 15) is 0 Å². The monoisotopic (exact) mass is 501 g/mol. The van der Waals surface area contributed by atoms with Crippen LogP contribution in [0.5, 0.6) is 0 Å². The minimum Gasteiger partial charge on any atom is -0.473 e. The molecule has 1 saturated heterocycles. The lowest BCUT2D eigenvalue weighted by molar-refractivity contribution is -0.159. The molecule has 3 aliphatic rings. The molecule has 0 radical (unpaired) electrons. The molecule has 190 valence electrons. The Balaban J connectivity index is 0.000000431. The van der Waals surface area contributed by atoms with Crippen molar-refractivity contribution in [1.82, 2.24) is 14.5 Å². The van der Waals surface area contributed by atoms with E-state index in [1.54, 1.807) is 0 Å². The topological polar surface area (TPSA) is 105 Å². The molecule has 9 heteroatoms. The lowest BCUT2D eigenvalue weighted by Crippen LogP contribution is -2.35. The number of carboxylic acids is 2. The highest BCUT2D eigenvalue weighted by Crippen LogP contribution is 2.38. The van der Waals surface area contributed by atoms with Gasteiger partial charge in [-0.05, 0) is 50.3 Å². The lowest BCUT2D eigenvalue weighted by Gasteiger charge is -2.32. The average Bonchev–Trinajstić information content (AvgIpc) is 3.19. The number of carbonyl (C=O) groups is 2. The van der Waals surface area contributed by atoms with Gasteiger partial charge in [-0.25, -0.2) is 14.6 Å². The SMILES string of the molecule is CN1CCC(OC2c3ccccc3CCn3cc(SC4CCCCC4)nc32)CC1.O=C(O)C(=O)O. The molecule has 1 atom stereocenters. The van der Waals surface area contributed by atoms with Crippen molar-refractivity contribution in [2.75, 3.05) is 20.1 Å². The van der Waals surface area contributed by atoms with Crippen LogP contribution in [0.15, 0.2) is 35.5 Å². The third-order valence-electron chi connectivity index (χ3n) is 7.00. The third-order valence-corrected chi connectivity index (χ3v) is 8.24. The average molecular weight is 502 g/mol. The summed E-state index contributed by atoms with van der Waals surface area (Å²) in [7, 11) is 2.21. The van der Waals surface area contributed by atoms with Crippen molar-refractivity contribution in [3.8, 4) is 0 Å². The first kappa shape index (κ1) is 25.7. The van der Waals surface area contributed by atoms with Gasteiger partial charge in [0.25, 0.3) is 0 Å².